The molecule has 0 aliphatic rings. The van der Waals surface area contributed by atoms with Crippen molar-refractivity contribution in [2.24, 2.45) is 5.92 Å². The zero-order valence-electron chi connectivity index (χ0n) is 7.66. The van der Waals surface area contributed by atoms with Crippen LogP contribution in [-0.4, -0.2) is 6.29 Å². The maximum absolute atomic E-state index is 10.4. The van der Waals surface area contributed by atoms with Crippen LogP contribution < -0.4 is 0 Å². The minimum absolute atomic E-state index is 0.166. The second kappa shape index (κ2) is 5.18. The zero-order chi connectivity index (χ0) is 9.68. The molecule has 2 heteroatoms. The molecule has 1 atom stereocenters. The second-order valence-corrected chi connectivity index (χ2v) is 4.20. The Labute approximate surface area is 87.3 Å². The topological polar surface area (TPSA) is 17.1 Å². The number of hydrogen-bond acceptors (Lipinski definition) is 1. The van der Waals surface area contributed by atoms with Gasteiger partial charge in [-0.1, -0.05) is 35.0 Å². The summed E-state index contributed by atoms with van der Waals surface area (Å²) in [5.74, 6) is 0.166. The highest BCUT2D eigenvalue weighted by atomic mass is 79.9. The lowest BCUT2D eigenvalue weighted by atomic mass is 10.0. The number of rotatable bonds is 4. The van der Waals surface area contributed by atoms with Gasteiger partial charge >= 0.3 is 0 Å². The molecule has 1 rings (SSSR count). The normalized spacial score (nSPS) is 12.5. The molecule has 0 amide bonds. The summed E-state index contributed by atoms with van der Waals surface area (Å²) in [7, 11) is 0. The number of carbonyl (C=O) groups is 1. The van der Waals surface area contributed by atoms with Gasteiger partial charge in [0.15, 0.2) is 0 Å². The first-order valence-electron chi connectivity index (χ1n) is 4.42. The van der Waals surface area contributed by atoms with Crippen LogP contribution in [0.15, 0.2) is 28.7 Å². The van der Waals surface area contributed by atoms with Crippen LogP contribution in [0.3, 0.4) is 0 Å². The van der Waals surface area contributed by atoms with Crippen molar-refractivity contribution in [1.29, 1.82) is 0 Å². The van der Waals surface area contributed by atoms with E-state index in [9.17, 15) is 4.79 Å². The summed E-state index contributed by atoms with van der Waals surface area (Å²) in [6.07, 6.45) is 2.91. The maximum Gasteiger partial charge on any atom is 0.122 e. The molecule has 0 spiro atoms. The van der Waals surface area contributed by atoms with E-state index in [0.29, 0.717) is 0 Å². The van der Waals surface area contributed by atoms with E-state index in [1.807, 2.05) is 19.1 Å². The van der Waals surface area contributed by atoms with E-state index in [-0.39, 0.29) is 5.92 Å². The van der Waals surface area contributed by atoms with Crippen LogP contribution in [0.4, 0.5) is 0 Å². The summed E-state index contributed by atoms with van der Waals surface area (Å²) < 4.78 is 1.10. The molecule has 0 aliphatic carbocycles. The molecule has 0 bridgehead atoms. The molecule has 0 heterocycles. The molecule has 1 unspecified atom stereocenters. The summed E-state index contributed by atoms with van der Waals surface area (Å²) in [6, 6.07) is 8.21. The molecule has 13 heavy (non-hydrogen) atoms. The van der Waals surface area contributed by atoms with E-state index in [1.165, 1.54) is 5.56 Å². The number of aldehydes is 1. The van der Waals surface area contributed by atoms with Gasteiger partial charge < -0.3 is 4.79 Å². The maximum atomic E-state index is 10.4. The van der Waals surface area contributed by atoms with E-state index in [0.717, 1.165) is 23.6 Å². The van der Waals surface area contributed by atoms with Crippen LogP contribution in [0.2, 0.25) is 0 Å². The third-order valence-electron chi connectivity index (χ3n) is 2.01. The lowest BCUT2D eigenvalue weighted by Crippen LogP contribution is -1.97. The minimum atomic E-state index is 0.166. The summed E-state index contributed by atoms with van der Waals surface area (Å²) in [5.41, 5.74) is 1.28. The first-order valence-corrected chi connectivity index (χ1v) is 5.21. The SMILES string of the molecule is CC(C=O)CCc1cccc(Br)c1. The molecule has 0 fully saturated rings. The molecule has 0 saturated heterocycles. The van der Waals surface area contributed by atoms with E-state index in [1.54, 1.807) is 0 Å². The smallest absolute Gasteiger partial charge is 0.122 e. The van der Waals surface area contributed by atoms with Gasteiger partial charge in [-0.3, -0.25) is 0 Å². The number of aryl methyl sites for hydroxylation is 1. The largest absolute Gasteiger partial charge is 0.303 e. The monoisotopic (exact) mass is 240 g/mol. The molecule has 1 aromatic carbocycles. The zero-order valence-corrected chi connectivity index (χ0v) is 9.25. The summed E-state index contributed by atoms with van der Waals surface area (Å²) in [6.45, 7) is 1.95. The molecule has 1 aromatic rings. The lowest BCUT2D eigenvalue weighted by molar-refractivity contribution is -0.110. The molecular formula is C11H13BrO. The van der Waals surface area contributed by atoms with E-state index < -0.39 is 0 Å². The van der Waals surface area contributed by atoms with Crippen LogP contribution in [0.5, 0.6) is 0 Å². The average Bonchev–Trinajstić information content (AvgIpc) is 2.14. The van der Waals surface area contributed by atoms with Crippen molar-refractivity contribution in [1.82, 2.24) is 0 Å². The summed E-state index contributed by atoms with van der Waals surface area (Å²) >= 11 is 3.42. The Morgan fingerprint density at radius 3 is 2.92 bits per heavy atom. The quantitative estimate of drug-likeness (QED) is 0.739. The average molecular weight is 241 g/mol. The van der Waals surface area contributed by atoms with Crippen molar-refractivity contribution in [3.8, 4) is 0 Å². The first kappa shape index (κ1) is 10.5. The van der Waals surface area contributed by atoms with Crippen LogP contribution in [0.25, 0.3) is 0 Å². The highest BCUT2D eigenvalue weighted by molar-refractivity contribution is 9.10. The van der Waals surface area contributed by atoms with Gasteiger partial charge in [-0.2, -0.15) is 0 Å². The van der Waals surface area contributed by atoms with Crippen molar-refractivity contribution in [3.63, 3.8) is 0 Å². The fourth-order valence-corrected chi connectivity index (χ4v) is 1.60. The van der Waals surface area contributed by atoms with Gasteiger partial charge in [0.2, 0.25) is 0 Å². The number of carbonyl (C=O) groups excluding carboxylic acids is 1. The fraction of sp³-hybridized carbons (Fsp3) is 0.364. The number of hydrogen-bond donors (Lipinski definition) is 0. The molecule has 1 nitrogen and oxygen atoms in total. The predicted molar refractivity (Wildman–Crippen MR) is 57.7 cm³/mol. The van der Waals surface area contributed by atoms with Crippen LogP contribution in [0, 0.1) is 5.92 Å². The molecular weight excluding hydrogens is 228 g/mol. The first-order chi connectivity index (χ1) is 6.22. The van der Waals surface area contributed by atoms with E-state index in [4.69, 9.17) is 0 Å². The Kier molecular flexibility index (Phi) is 4.16. The summed E-state index contributed by atoms with van der Waals surface area (Å²) in [5, 5.41) is 0. The van der Waals surface area contributed by atoms with Crippen LogP contribution in [-0.2, 0) is 11.2 Å². The lowest BCUT2D eigenvalue weighted by Gasteiger charge is -2.03. The van der Waals surface area contributed by atoms with Crippen LogP contribution >= 0.6 is 15.9 Å². The van der Waals surface area contributed by atoms with Crippen molar-refractivity contribution >= 4 is 22.2 Å². The molecule has 0 radical (unpaired) electrons. The third kappa shape index (κ3) is 3.73. The van der Waals surface area contributed by atoms with Crippen molar-refractivity contribution in [3.05, 3.63) is 34.3 Å². The van der Waals surface area contributed by atoms with E-state index >= 15 is 0 Å². The van der Waals surface area contributed by atoms with Gasteiger partial charge in [0.25, 0.3) is 0 Å². The standard InChI is InChI=1S/C11H13BrO/c1-9(8-13)5-6-10-3-2-4-11(12)7-10/h2-4,7-9H,5-6H2,1H3. The van der Waals surface area contributed by atoms with Crippen molar-refractivity contribution in [2.75, 3.05) is 0 Å². The van der Waals surface area contributed by atoms with Crippen molar-refractivity contribution in [2.45, 2.75) is 19.8 Å². The van der Waals surface area contributed by atoms with Crippen molar-refractivity contribution < 1.29 is 4.79 Å². The molecule has 0 aliphatic heterocycles. The van der Waals surface area contributed by atoms with Gasteiger partial charge in [-0.05, 0) is 30.5 Å². The van der Waals surface area contributed by atoms with Gasteiger partial charge in [-0.25, -0.2) is 0 Å². The Bertz CT molecular complexity index is 283. The summed E-state index contributed by atoms with van der Waals surface area (Å²) in [4.78, 5) is 10.4. The van der Waals surface area contributed by atoms with Gasteiger partial charge in [0, 0.05) is 10.4 Å². The fourth-order valence-electron chi connectivity index (χ4n) is 1.15. The van der Waals surface area contributed by atoms with Gasteiger partial charge in [0.05, 0.1) is 0 Å². The number of benzene rings is 1. The minimum Gasteiger partial charge on any atom is -0.303 e. The Morgan fingerprint density at radius 2 is 2.31 bits per heavy atom. The van der Waals surface area contributed by atoms with Gasteiger partial charge in [-0.15, -0.1) is 0 Å². The highest BCUT2D eigenvalue weighted by Crippen LogP contribution is 2.14. The highest BCUT2D eigenvalue weighted by Gasteiger charge is 2.00. The molecule has 70 valence electrons. The predicted octanol–water partition coefficient (Wildman–Crippen LogP) is 3.22. The molecule has 0 saturated carbocycles. The molecule has 0 aromatic heterocycles. The Morgan fingerprint density at radius 1 is 1.54 bits per heavy atom. The van der Waals surface area contributed by atoms with E-state index in [2.05, 4.69) is 28.1 Å². The third-order valence-corrected chi connectivity index (χ3v) is 2.50. The van der Waals surface area contributed by atoms with Gasteiger partial charge in [0.1, 0.15) is 6.29 Å². The molecule has 0 N–H and O–H groups in total. The van der Waals surface area contributed by atoms with Crippen LogP contribution in [0.1, 0.15) is 18.9 Å². The Balaban J connectivity index is 2.49. The number of halogens is 1. The second-order valence-electron chi connectivity index (χ2n) is 3.28. The Hall–Kier alpha value is -0.630.